The number of amides is 1. The van der Waals surface area contributed by atoms with Crippen LogP contribution in [0.25, 0.3) is 0 Å². The number of rotatable bonds is 4. The molecule has 1 atom stereocenters. The van der Waals surface area contributed by atoms with E-state index >= 15 is 0 Å². The molecule has 7 nitrogen and oxygen atoms in total. The summed E-state index contributed by atoms with van der Waals surface area (Å²) in [6, 6.07) is 7.06. The zero-order valence-corrected chi connectivity index (χ0v) is 15.6. The van der Waals surface area contributed by atoms with Crippen molar-refractivity contribution in [2.24, 2.45) is 0 Å². The SMILES string of the molecule is COC(=O)c1ccc(CNC(=O)C2CCCCN2C)cc1.O=C(O)C(F)(F)F. The second kappa shape index (κ2) is 10.6. The highest BCUT2D eigenvalue weighted by Crippen LogP contribution is 2.15. The highest BCUT2D eigenvalue weighted by Gasteiger charge is 2.38. The number of methoxy groups -OCH3 is 1. The van der Waals surface area contributed by atoms with E-state index in [-0.39, 0.29) is 17.9 Å². The predicted molar refractivity (Wildman–Crippen MR) is 93.6 cm³/mol. The molecular weight excluding hydrogens is 381 g/mol. The number of carbonyl (C=O) groups excluding carboxylic acids is 2. The normalized spacial score (nSPS) is 17.1. The lowest BCUT2D eigenvalue weighted by Gasteiger charge is -2.31. The number of carboxylic acids is 1. The monoisotopic (exact) mass is 404 g/mol. The minimum absolute atomic E-state index is 0.0203. The van der Waals surface area contributed by atoms with Crippen molar-refractivity contribution in [1.29, 1.82) is 0 Å². The van der Waals surface area contributed by atoms with Crippen molar-refractivity contribution in [3.05, 3.63) is 35.4 Å². The minimum atomic E-state index is -5.08. The van der Waals surface area contributed by atoms with Crippen LogP contribution in [0.1, 0.15) is 35.2 Å². The highest BCUT2D eigenvalue weighted by molar-refractivity contribution is 5.89. The summed E-state index contributed by atoms with van der Waals surface area (Å²) >= 11 is 0. The van der Waals surface area contributed by atoms with Gasteiger partial charge in [-0.1, -0.05) is 18.6 Å². The van der Waals surface area contributed by atoms with E-state index in [1.54, 1.807) is 12.1 Å². The van der Waals surface area contributed by atoms with Gasteiger partial charge in [-0.15, -0.1) is 0 Å². The maximum absolute atomic E-state index is 12.2. The van der Waals surface area contributed by atoms with Gasteiger partial charge in [-0.25, -0.2) is 9.59 Å². The molecule has 0 bridgehead atoms. The lowest BCUT2D eigenvalue weighted by Crippen LogP contribution is -2.47. The Bertz CT molecular complexity index is 677. The molecule has 0 radical (unpaired) electrons. The van der Waals surface area contributed by atoms with Crippen molar-refractivity contribution in [3.63, 3.8) is 0 Å². The molecule has 156 valence electrons. The Balaban J connectivity index is 0.000000480. The van der Waals surface area contributed by atoms with E-state index in [0.717, 1.165) is 31.4 Å². The molecule has 2 rings (SSSR count). The topological polar surface area (TPSA) is 95.9 Å². The highest BCUT2D eigenvalue weighted by atomic mass is 19.4. The molecule has 2 N–H and O–H groups in total. The van der Waals surface area contributed by atoms with Crippen LogP contribution in [0, 0.1) is 0 Å². The number of aliphatic carboxylic acids is 1. The minimum Gasteiger partial charge on any atom is -0.475 e. The molecule has 0 spiro atoms. The zero-order valence-electron chi connectivity index (χ0n) is 15.6. The van der Waals surface area contributed by atoms with E-state index in [2.05, 4.69) is 15.0 Å². The molecule has 1 fully saturated rings. The summed E-state index contributed by atoms with van der Waals surface area (Å²) in [5.74, 6) is -3.03. The van der Waals surface area contributed by atoms with E-state index < -0.39 is 12.1 Å². The van der Waals surface area contributed by atoms with Gasteiger partial charge in [0.05, 0.1) is 18.7 Å². The number of nitrogens with zero attached hydrogens (tertiary/aromatic N) is 1. The van der Waals surface area contributed by atoms with Gasteiger partial charge in [-0.3, -0.25) is 9.69 Å². The Hall–Kier alpha value is -2.62. The van der Waals surface area contributed by atoms with Gasteiger partial charge >= 0.3 is 18.1 Å². The third-order valence-corrected chi connectivity index (χ3v) is 4.16. The van der Waals surface area contributed by atoms with Gasteiger partial charge in [0, 0.05) is 6.54 Å². The van der Waals surface area contributed by atoms with Gasteiger partial charge < -0.3 is 15.2 Å². The van der Waals surface area contributed by atoms with Crippen LogP contribution in [-0.4, -0.2) is 60.8 Å². The van der Waals surface area contributed by atoms with Gasteiger partial charge in [-0.2, -0.15) is 13.2 Å². The number of nitrogens with one attached hydrogen (secondary N) is 1. The van der Waals surface area contributed by atoms with Crippen LogP contribution in [-0.2, 0) is 20.9 Å². The number of carbonyl (C=O) groups is 3. The van der Waals surface area contributed by atoms with E-state index in [1.807, 2.05) is 19.2 Å². The average molecular weight is 404 g/mol. The lowest BCUT2D eigenvalue weighted by atomic mass is 10.0. The van der Waals surface area contributed by atoms with E-state index in [0.29, 0.717) is 12.1 Å². The number of benzene rings is 1. The summed E-state index contributed by atoms with van der Waals surface area (Å²) in [4.78, 5) is 34.5. The number of esters is 1. The first-order chi connectivity index (χ1) is 13.1. The molecule has 1 aliphatic rings. The van der Waals surface area contributed by atoms with Crippen LogP contribution >= 0.6 is 0 Å². The molecule has 0 saturated carbocycles. The Morgan fingerprint density at radius 2 is 1.79 bits per heavy atom. The molecular formula is C18H23F3N2O5. The van der Waals surface area contributed by atoms with Crippen molar-refractivity contribution in [2.75, 3.05) is 20.7 Å². The van der Waals surface area contributed by atoms with Crippen molar-refractivity contribution >= 4 is 17.8 Å². The maximum atomic E-state index is 12.2. The molecule has 28 heavy (non-hydrogen) atoms. The molecule has 1 aromatic carbocycles. The third kappa shape index (κ3) is 7.55. The fourth-order valence-electron chi connectivity index (χ4n) is 2.59. The number of alkyl halides is 3. The standard InChI is InChI=1S/C16H22N2O3.C2HF3O2/c1-18-10-4-3-5-14(18)15(19)17-11-12-6-8-13(9-7-12)16(20)21-2;3-2(4,5)1(6)7/h6-9,14H,3-5,10-11H2,1-2H3,(H,17,19);(H,6,7). The summed E-state index contributed by atoms with van der Waals surface area (Å²) in [5, 5.41) is 10.1. The Labute approximate surface area is 160 Å². The van der Waals surface area contributed by atoms with Crippen LogP contribution < -0.4 is 5.32 Å². The van der Waals surface area contributed by atoms with Gasteiger partial charge in [0.15, 0.2) is 0 Å². The first-order valence-corrected chi connectivity index (χ1v) is 8.51. The molecule has 0 aliphatic carbocycles. The molecule has 1 aromatic rings. The number of ether oxygens (including phenoxy) is 1. The Morgan fingerprint density at radius 1 is 1.21 bits per heavy atom. The van der Waals surface area contributed by atoms with E-state index in [1.165, 1.54) is 7.11 Å². The largest absolute Gasteiger partial charge is 0.490 e. The maximum Gasteiger partial charge on any atom is 0.490 e. The van der Waals surface area contributed by atoms with Crippen molar-refractivity contribution in [1.82, 2.24) is 10.2 Å². The summed E-state index contributed by atoms with van der Waals surface area (Å²) in [6.07, 6.45) is -1.89. The van der Waals surface area contributed by atoms with Crippen molar-refractivity contribution in [3.8, 4) is 0 Å². The van der Waals surface area contributed by atoms with Crippen LogP contribution in [0.4, 0.5) is 13.2 Å². The number of likely N-dealkylation sites (tertiary alicyclic amines) is 1. The molecule has 1 amide bonds. The second-order valence-electron chi connectivity index (χ2n) is 6.20. The molecule has 0 aromatic heterocycles. The second-order valence-corrected chi connectivity index (χ2v) is 6.20. The van der Waals surface area contributed by atoms with Gasteiger partial charge in [0.1, 0.15) is 0 Å². The van der Waals surface area contributed by atoms with Crippen molar-refractivity contribution in [2.45, 2.75) is 38.0 Å². The summed E-state index contributed by atoms with van der Waals surface area (Å²) < 4.78 is 36.4. The lowest BCUT2D eigenvalue weighted by molar-refractivity contribution is -0.192. The molecule has 1 aliphatic heterocycles. The number of likely N-dealkylation sites (N-methyl/N-ethyl adjacent to an activating group) is 1. The average Bonchev–Trinajstić information content (AvgIpc) is 2.66. The summed E-state index contributed by atoms with van der Waals surface area (Å²) in [5.41, 5.74) is 1.48. The number of hydrogen-bond acceptors (Lipinski definition) is 5. The fraction of sp³-hybridized carbons (Fsp3) is 0.500. The van der Waals surface area contributed by atoms with Crippen LogP contribution in [0.15, 0.2) is 24.3 Å². The molecule has 1 saturated heterocycles. The summed E-state index contributed by atoms with van der Waals surface area (Å²) in [7, 11) is 3.35. The zero-order chi connectivity index (χ0) is 21.3. The number of hydrogen-bond donors (Lipinski definition) is 2. The number of halogens is 3. The quantitative estimate of drug-likeness (QED) is 0.747. The van der Waals surface area contributed by atoms with E-state index in [4.69, 9.17) is 9.90 Å². The summed E-state index contributed by atoms with van der Waals surface area (Å²) in [6.45, 7) is 1.45. The smallest absolute Gasteiger partial charge is 0.475 e. The third-order valence-electron chi connectivity index (χ3n) is 4.16. The van der Waals surface area contributed by atoms with Crippen LogP contribution in [0.2, 0.25) is 0 Å². The number of carboxylic acid groups (broad SMARTS) is 1. The Kier molecular flexibility index (Phi) is 8.90. The fourth-order valence-corrected chi connectivity index (χ4v) is 2.59. The molecule has 10 heteroatoms. The van der Waals surface area contributed by atoms with Crippen LogP contribution in [0.3, 0.4) is 0 Å². The first-order valence-electron chi connectivity index (χ1n) is 8.51. The van der Waals surface area contributed by atoms with E-state index in [9.17, 15) is 22.8 Å². The van der Waals surface area contributed by atoms with Crippen molar-refractivity contribution < 1.29 is 37.4 Å². The Morgan fingerprint density at radius 3 is 2.25 bits per heavy atom. The van der Waals surface area contributed by atoms with Crippen LogP contribution in [0.5, 0.6) is 0 Å². The number of piperidine rings is 1. The molecule has 1 heterocycles. The predicted octanol–water partition coefficient (Wildman–Crippen LogP) is 2.21. The van der Waals surface area contributed by atoms with Gasteiger partial charge in [0.2, 0.25) is 5.91 Å². The first kappa shape index (κ1) is 23.4. The molecule has 1 unspecified atom stereocenters. The van der Waals surface area contributed by atoms with Gasteiger partial charge in [0.25, 0.3) is 0 Å². The van der Waals surface area contributed by atoms with Gasteiger partial charge in [-0.05, 0) is 44.1 Å².